The Bertz CT molecular complexity index is 147. The van der Waals surface area contributed by atoms with Gasteiger partial charge in [0, 0.05) is 5.92 Å². The third-order valence-electron chi connectivity index (χ3n) is 2.79. The fourth-order valence-corrected chi connectivity index (χ4v) is 2.64. The van der Waals surface area contributed by atoms with E-state index in [0.29, 0.717) is 0 Å². The first-order chi connectivity index (χ1) is 5.10. The van der Waals surface area contributed by atoms with Gasteiger partial charge in [0.1, 0.15) is 14.2 Å². The van der Waals surface area contributed by atoms with E-state index in [0.717, 1.165) is 0 Å². The molecule has 2 N–H and O–H groups in total. The molecule has 0 rings (SSSR count). The molecule has 1 atom stereocenters. The zero-order chi connectivity index (χ0) is 10.2. The molecule has 0 amide bonds. The Hall–Kier alpha value is 0.137. The van der Waals surface area contributed by atoms with Gasteiger partial charge in [-0.3, -0.25) is 0 Å². The van der Waals surface area contributed by atoms with Crippen LogP contribution in [0.3, 0.4) is 0 Å². The molecule has 12 heavy (non-hydrogen) atoms. The lowest BCUT2D eigenvalue weighted by molar-refractivity contribution is -0.155. The van der Waals surface area contributed by atoms with E-state index in [-0.39, 0.29) is 11.3 Å². The summed E-state index contributed by atoms with van der Waals surface area (Å²) < 4.78 is 0. The molecule has 74 valence electrons. The van der Waals surface area contributed by atoms with Crippen molar-refractivity contribution in [1.82, 2.24) is 0 Å². The molecule has 3 heteroatoms. The molecule has 2 nitrogen and oxygen atoms in total. The lowest BCUT2D eigenvalue weighted by atomic mass is 9.81. The molecule has 0 bridgehead atoms. The number of hydrogen-bond acceptors (Lipinski definition) is 2. The van der Waals surface area contributed by atoms with E-state index in [4.69, 9.17) is 0 Å². The molecule has 0 radical (unpaired) electrons. The maximum absolute atomic E-state index is 9.81. The van der Waals surface area contributed by atoms with Crippen molar-refractivity contribution in [2.24, 2.45) is 11.3 Å². The van der Waals surface area contributed by atoms with Gasteiger partial charge >= 0.3 is 0 Å². The van der Waals surface area contributed by atoms with Crippen LogP contribution in [0.15, 0.2) is 0 Å². The summed E-state index contributed by atoms with van der Waals surface area (Å²) in [6.45, 7) is 11.9. The van der Waals surface area contributed by atoms with Gasteiger partial charge in [0.05, 0.1) is 0 Å². The fourth-order valence-electron chi connectivity index (χ4n) is 1.14. The van der Waals surface area contributed by atoms with E-state index in [1.54, 1.807) is 0 Å². The summed E-state index contributed by atoms with van der Waals surface area (Å²) in [4.78, 5) is 0. The molecule has 0 heterocycles. The highest BCUT2D eigenvalue weighted by Gasteiger charge is 2.41. The van der Waals surface area contributed by atoms with Crippen LogP contribution in [0, 0.1) is 11.3 Å². The van der Waals surface area contributed by atoms with Gasteiger partial charge in [-0.1, -0.05) is 40.8 Å². The lowest BCUT2D eigenvalue weighted by Crippen LogP contribution is -2.52. The van der Waals surface area contributed by atoms with E-state index >= 15 is 0 Å². The zero-order valence-electron chi connectivity index (χ0n) is 9.05. The predicted molar refractivity (Wildman–Crippen MR) is 54.7 cm³/mol. The monoisotopic (exact) mass is 190 g/mol. The van der Waals surface area contributed by atoms with E-state index in [1.807, 2.05) is 40.8 Å². The minimum atomic E-state index is -1.43. The highest BCUT2D eigenvalue weighted by atomic mass is 28.3. The van der Waals surface area contributed by atoms with Crippen LogP contribution in [-0.2, 0) is 0 Å². The van der Waals surface area contributed by atoms with Crippen LogP contribution in [0.4, 0.5) is 0 Å². The molecular weight excluding hydrogens is 168 g/mol. The average Bonchev–Trinajstić information content (AvgIpc) is 1.83. The molecule has 0 aliphatic heterocycles. The second-order valence-corrected chi connectivity index (χ2v) is 8.18. The molecule has 0 saturated carbocycles. The lowest BCUT2D eigenvalue weighted by Gasteiger charge is -2.40. The molecule has 0 spiro atoms. The third kappa shape index (κ3) is 2.57. The van der Waals surface area contributed by atoms with Crippen molar-refractivity contribution in [3.63, 3.8) is 0 Å². The van der Waals surface area contributed by atoms with Gasteiger partial charge in [0.2, 0.25) is 0 Å². The Morgan fingerprint density at radius 3 is 1.50 bits per heavy atom. The average molecular weight is 190 g/mol. The van der Waals surface area contributed by atoms with Crippen molar-refractivity contribution in [2.45, 2.75) is 46.2 Å². The Kier molecular flexibility index (Phi) is 3.52. The molecule has 0 fully saturated rings. The van der Waals surface area contributed by atoms with Gasteiger partial charge in [0.25, 0.3) is 0 Å². The number of rotatable bonds is 2. The minimum absolute atomic E-state index is 0.0409. The van der Waals surface area contributed by atoms with E-state index in [9.17, 15) is 10.2 Å². The SMILES string of the molecule is CC(C(C)(C)C)C(O)(O)[SiH](C)C. The zero-order valence-corrected chi connectivity index (χ0v) is 10.2. The second-order valence-electron chi connectivity index (χ2n) is 5.03. The van der Waals surface area contributed by atoms with Crippen LogP contribution in [0.25, 0.3) is 0 Å². The van der Waals surface area contributed by atoms with Gasteiger partial charge in [-0.15, -0.1) is 0 Å². The normalized spacial score (nSPS) is 16.8. The third-order valence-corrected chi connectivity index (χ3v) is 4.99. The van der Waals surface area contributed by atoms with Crippen molar-refractivity contribution in [2.75, 3.05) is 0 Å². The standard InChI is InChI=1S/C9H22O2Si/c1-7(8(2,3)4)9(10,11)12(5)6/h7,10-12H,1-6H3. The summed E-state index contributed by atoms with van der Waals surface area (Å²) in [7, 11) is -1.43. The minimum Gasteiger partial charge on any atom is -0.369 e. The van der Waals surface area contributed by atoms with E-state index in [1.165, 1.54) is 0 Å². The smallest absolute Gasteiger partial charge is 0.144 e. The summed E-state index contributed by atoms with van der Waals surface area (Å²) >= 11 is 0. The molecular formula is C9H22O2Si. The first kappa shape index (κ1) is 12.1. The summed E-state index contributed by atoms with van der Waals surface area (Å²) in [5.74, 6) is -0.0725. The van der Waals surface area contributed by atoms with Crippen molar-refractivity contribution in [3.8, 4) is 0 Å². The Balaban J connectivity index is 4.57. The quantitative estimate of drug-likeness (QED) is 0.510. The summed E-state index contributed by atoms with van der Waals surface area (Å²) in [6, 6.07) is 0. The van der Waals surface area contributed by atoms with Crippen LogP contribution >= 0.6 is 0 Å². The van der Waals surface area contributed by atoms with Crippen LogP contribution in [0.5, 0.6) is 0 Å². The molecule has 0 aliphatic rings. The van der Waals surface area contributed by atoms with Gasteiger partial charge in [-0.25, -0.2) is 0 Å². The maximum Gasteiger partial charge on any atom is 0.144 e. The van der Waals surface area contributed by atoms with Crippen molar-refractivity contribution in [1.29, 1.82) is 0 Å². The van der Waals surface area contributed by atoms with Gasteiger partial charge in [-0.05, 0) is 5.41 Å². The van der Waals surface area contributed by atoms with E-state index in [2.05, 4.69) is 0 Å². The molecule has 1 unspecified atom stereocenters. The largest absolute Gasteiger partial charge is 0.369 e. The van der Waals surface area contributed by atoms with Crippen LogP contribution in [0.2, 0.25) is 13.1 Å². The highest BCUT2D eigenvalue weighted by molar-refractivity contribution is 6.58. The van der Waals surface area contributed by atoms with Gasteiger partial charge in [-0.2, -0.15) is 0 Å². The van der Waals surface area contributed by atoms with Crippen LogP contribution < -0.4 is 0 Å². The fraction of sp³-hybridized carbons (Fsp3) is 1.00. The topological polar surface area (TPSA) is 40.5 Å². The predicted octanol–water partition coefficient (Wildman–Crippen LogP) is 1.38. The van der Waals surface area contributed by atoms with Crippen LogP contribution in [-0.4, -0.2) is 24.4 Å². The molecule has 0 saturated heterocycles. The summed E-state index contributed by atoms with van der Waals surface area (Å²) in [5, 5.41) is 19.6. The Labute approximate surface area is 77.2 Å². The molecule has 0 aliphatic carbocycles. The Morgan fingerprint density at radius 1 is 1.08 bits per heavy atom. The number of aliphatic hydroxyl groups is 2. The molecule has 0 aromatic rings. The first-order valence-electron chi connectivity index (χ1n) is 4.55. The maximum atomic E-state index is 9.81. The molecule has 0 aromatic heterocycles. The van der Waals surface area contributed by atoms with Crippen molar-refractivity contribution in [3.05, 3.63) is 0 Å². The second kappa shape index (κ2) is 3.48. The van der Waals surface area contributed by atoms with E-state index < -0.39 is 14.2 Å². The Morgan fingerprint density at radius 2 is 1.42 bits per heavy atom. The van der Waals surface area contributed by atoms with Gasteiger partial charge < -0.3 is 10.2 Å². The number of hydrogen-bond donors (Lipinski definition) is 2. The highest BCUT2D eigenvalue weighted by Crippen LogP contribution is 2.34. The first-order valence-corrected chi connectivity index (χ1v) is 7.43. The molecule has 0 aromatic carbocycles. The van der Waals surface area contributed by atoms with Crippen molar-refractivity contribution < 1.29 is 10.2 Å². The van der Waals surface area contributed by atoms with Gasteiger partial charge in [0.15, 0.2) is 0 Å². The van der Waals surface area contributed by atoms with Crippen molar-refractivity contribution >= 4 is 8.80 Å². The van der Waals surface area contributed by atoms with Crippen LogP contribution in [0.1, 0.15) is 27.7 Å². The summed E-state index contributed by atoms with van der Waals surface area (Å²) in [6.07, 6.45) is 0. The summed E-state index contributed by atoms with van der Waals surface area (Å²) in [5.41, 5.74) is -1.46.